The molecule has 1 aromatic heterocycles. The molecular weight excluding hydrogens is 214 g/mol. The Hall–Kier alpha value is -1.36. The number of likely N-dealkylation sites (N-methyl/N-ethyl adjacent to an activating group) is 1. The quantitative estimate of drug-likeness (QED) is 0.826. The van der Waals surface area contributed by atoms with Crippen molar-refractivity contribution in [2.24, 2.45) is 0 Å². The fourth-order valence-electron chi connectivity index (χ4n) is 1.95. The van der Waals surface area contributed by atoms with Crippen LogP contribution in [0.3, 0.4) is 0 Å². The first-order valence-corrected chi connectivity index (χ1v) is 6.22. The lowest BCUT2D eigenvalue weighted by atomic mass is 10.4. The minimum atomic E-state index is 0.733. The Balaban J connectivity index is 1.91. The lowest BCUT2D eigenvalue weighted by molar-refractivity contribution is 0.425. The van der Waals surface area contributed by atoms with Crippen LogP contribution in [0.25, 0.3) is 0 Å². The fourth-order valence-corrected chi connectivity index (χ4v) is 1.95. The Bertz CT molecular complexity index is 347. The maximum absolute atomic E-state index is 4.54. The first-order valence-electron chi connectivity index (χ1n) is 6.22. The van der Waals surface area contributed by atoms with E-state index in [1.54, 1.807) is 0 Å². The van der Waals surface area contributed by atoms with Crippen LogP contribution in [0.5, 0.6) is 0 Å². The molecule has 0 aromatic carbocycles. The highest BCUT2D eigenvalue weighted by Crippen LogP contribution is 2.17. The average molecular weight is 235 g/mol. The summed E-state index contributed by atoms with van der Waals surface area (Å²) in [6.07, 6.45) is 4.37. The summed E-state index contributed by atoms with van der Waals surface area (Å²) in [5.74, 6) is 1.78. The van der Waals surface area contributed by atoms with Crippen LogP contribution in [0.1, 0.15) is 12.8 Å². The largest absolute Gasteiger partial charge is 0.356 e. The maximum Gasteiger partial charge on any atom is 0.224 e. The number of rotatable bonds is 5. The third kappa shape index (κ3) is 3.56. The molecule has 5 heteroatoms. The van der Waals surface area contributed by atoms with Crippen molar-refractivity contribution in [3.8, 4) is 0 Å². The van der Waals surface area contributed by atoms with Crippen molar-refractivity contribution in [1.82, 2.24) is 14.9 Å². The zero-order chi connectivity index (χ0) is 12.1. The number of nitrogens with one attached hydrogen (secondary N) is 1. The van der Waals surface area contributed by atoms with Gasteiger partial charge in [-0.25, -0.2) is 4.98 Å². The minimum absolute atomic E-state index is 0.733. The van der Waals surface area contributed by atoms with Crippen LogP contribution < -0.4 is 10.2 Å². The van der Waals surface area contributed by atoms with E-state index < -0.39 is 0 Å². The second-order valence-corrected chi connectivity index (χ2v) is 4.66. The number of aromatic nitrogens is 2. The zero-order valence-electron chi connectivity index (χ0n) is 10.7. The molecule has 1 saturated heterocycles. The summed E-state index contributed by atoms with van der Waals surface area (Å²) in [7, 11) is 4.12. The van der Waals surface area contributed by atoms with Crippen LogP contribution in [0.4, 0.5) is 11.8 Å². The topological polar surface area (TPSA) is 44.3 Å². The highest BCUT2D eigenvalue weighted by Gasteiger charge is 2.13. The lowest BCUT2D eigenvalue weighted by Gasteiger charge is -2.17. The fraction of sp³-hybridized carbons (Fsp3) is 0.667. The van der Waals surface area contributed by atoms with Gasteiger partial charge in [-0.15, -0.1) is 0 Å². The molecule has 17 heavy (non-hydrogen) atoms. The molecule has 1 fully saturated rings. The molecule has 2 rings (SSSR count). The average Bonchev–Trinajstić information content (AvgIpc) is 2.82. The standard InChI is InChI=1S/C12H21N5/c1-16(2)10-7-14-12-13-6-5-11(15-12)17-8-3-4-9-17/h5-6H,3-4,7-10H2,1-2H3,(H,13,14,15). The van der Waals surface area contributed by atoms with Crippen molar-refractivity contribution in [3.05, 3.63) is 12.3 Å². The second kappa shape index (κ2) is 5.82. The number of hydrogen-bond acceptors (Lipinski definition) is 5. The van der Waals surface area contributed by atoms with Crippen LogP contribution in [0.2, 0.25) is 0 Å². The van der Waals surface area contributed by atoms with Gasteiger partial charge in [0.1, 0.15) is 5.82 Å². The minimum Gasteiger partial charge on any atom is -0.356 e. The summed E-state index contributed by atoms with van der Waals surface area (Å²) >= 11 is 0. The molecule has 0 radical (unpaired) electrons. The Morgan fingerprint density at radius 3 is 2.82 bits per heavy atom. The predicted octanol–water partition coefficient (Wildman–Crippen LogP) is 1.05. The van der Waals surface area contributed by atoms with E-state index in [2.05, 4.69) is 39.2 Å². The summed E-state index contributed by atoms with van der Waals surface area (Å²) in [5, 5.41) is 3.25. The third-order valence-corrected chi connectivity index (χ3v) is 2.91. The van der Waals surface area contributed by atoms with Gasteiger partial charge in [-0.3, -0.25) is 0 Å². The molecule has 1 aliphatic rings. The van der Waals surface area contributed by atoms with E-state index in [4.69, 9.17) is 0 Å². The molecule has 94 valence electrons. The van der Waals surface area contributed by atoms with Gasteiger partial charge in [-0.1, -0.05) is 0 Å². The third-order valence-electron chi connectivity index (χ3n) is 2.91. The molecule has 1 aromatic rings. The zero-order valence-corrected chi connectivity index (χ0v) is 10.7. The van der Waals surface area contributed by atoms with E-state index >= 15 is 0 Å². The highest BCUT2D eigenvalue weighted by atomic mass is 15.2. The molecule has 1 N–H and O–H groups in total. The van der Waals surface area contributed by atoms with Crippen molar-refractivity contribution >= 4 is 11.8 Å². The summed E-state index contributed by atoms with van der Waals surface area (Å²) in [6.45, 7) is 4.09. The smallest absolute Gasteiger partial charge is 0.224 e. The number of anilines is 2. The van der Waals surface area contributed by atoms with Gasteiger partial charge in [0.2, 0.25) is 5.95 Å². The Morgan fingerprint density at radius 1 is 1.35 bits per heavy atom. The highest BCUT2D eigenvalue weighted by molar-refractivity contribution is 5.43. The van der Waals surface area contributed by atoms with Gasteiger partial charge in [0.25, 0.3) is 0 Å². The van der Waals surface area contributed by atoms with Crippen LogP contribution in [0.15, 0.2) is 12.3 Å². The summed E-state index contributed by atoms with van der Waals surface area (Å²) in [6, 6.07) is 1.99. The Morgan fingerprint density at radius 2 is 2.12 bits per heavy atom. The normalized spacial score (nSPS) is 15.6. The molecule has 5 nitrogen and oxygen atoms in total. The van der Waals surface area contributed by atoms with Gasteiger partial charge in [0, 0.05) is 32.4 Å². The van der Waals surface area contributed by atoms with Gasteiger partial charge < -0.3 is 15.1 Å². The van der Waals surface area contributed by atoms with Crippen molar-refractivity contribution in [2.45, 2.75) is 12.8 Å². The summed E-state index contributed by atoms with van der Waals surface area (Å²) in [4.78, 5) is 13.2. The van der Waals surface area contributed by atoms with Gasteiger partial charge >= 0.3 is 0 Å². The Labute approximate surface area is 103 Å². The van der Waals surface area contributed by atoms with Crippen molar-refractivity contribution in [3.63, 3.8) is 0 Å². The van der Waals surface area contributed by atoms with Gasteiger partial charge in [-0.05, 0) is 33.0 Å². The van der Waals surface area contributed by atoms with Crippen molar-refractivity contribution in [2.75, 3.05) is 50.5 Å². The van der Waals surface area contributed by atoms with Crippen LogP contribution >= 0.6 is 0 Å². The molecule has 0 saturated carbocycles. The number of nitrogens with zero attached hydrogens (tertiary/aromatic N) is 4. The van der Waals surface area contributed by atoms with Crippen molar-refractivity contribution < 1.29 is 0 Å². The molecule has 0 spiro atoms. The lowest BCUT2D eigenvalue weighted by Crippen LogP contribution is -2.23. The molecule has 1 aliphatic heterocycles. The van der Waals surface area contributed by atoms with Gasteiger partial charge in [-0.2, -0.15) is 4.98 Å². The summed E-state index contributed by atoms with van der Waals surface area (Å²) in [5.41, 5.74) is 0. The molecule has 2 heterocycles. The second-order valence-electron chi connectivity index (χ2n) is 4.66. The molecule has 0 bridgehead atoms. The molecular formula is C12H21N5. The SMILES string of the molecule is CN(C)CCNc1nccc(N2CCCC2)n1. The molecule has 0 unspecified atom stereocenters. The van der Waals surface area contributed by atoms with Crippen LogP contribution in [-0.2, 0) is 0 Å². The molecule has 0 atom stereocenters. The Kier molecular flexibility index (Phi) is 4.14. The monoisotopic (exact) mass is 235 g/mol. The van der Waals surface area contributed by atoms with E-state index in [1.165, 1.54) is 12.8 Å². The van der Waals surface area contributed by atoms with E-state index in [1.807, 2.05) is 12.3 Å². The van der Waals surface area contributed by atoms with Gasteiger partial charge in [0.05, 0.1) is 0 Å². The first-order chi connectivity index (χ1) is 8.25. The van der Waals surface area contributed by atoms with E-state index in [0.717, 1.165) is 37.9 Å². The predicted molar refractivity (Wildman–Crippen MR) is 70.5 cm³/mol. The maximum atomic E-state index is 4.54. The van der Waals surface area contributed by atoms with Crippen LogP contribution in [-0.4, -0.2) is 55.1 Å². The molecule has 0 aliphatic carbocycles. The van der Waals surface area contributed by atoms with E-state index in [0.29, 0.717) is 0 Å². The van der Waals surface area contributed by atoms with E-state index in [-0.39, 0.29) is 0 Å². The van der Waals surface area contributed by atoms with Gasteiger partial charge in [0.15, 0.2) is 0 Å². The number of hydrogen-bond donors (Lipinski definition) is 1. The van der Waals surface area contributed by atoms with E-state index in [9.17, 15) is 0 Å². The first kappa shape index (κ1) is 12.1. The van der Waals surface area contributed by atoms with Crippen LogP contribution in [0, 0.1) is 0 Å². The van der Waals surface area contributed by atoms with Crippen molar-refractivity contribution in [1.29, 1.82) is 0 Å². The molecule has 0 amide bonds. The summed E-state index contributed by atoms with van der Waals surface area (Å²) < 4.78 is 0.